The van der Waals surface area contributed by atoms with E-state index in [9.17, 15) is 4.79 Å². The minimum absolute atomic E-state index is 0.253. The lowest BCUT2D eigenvalue weighted by Gasteiger charge is -2.33. The van der Waals surface area contributed by atoms with Gasteiger partial charge in [0.2, 0.25) is 5.79 Å². The van der Waals surface area contributed by atoms with Gasteiger partial charge in [0.15, 0.2) is 11.5 Å². The van der Waals surface area contributed by atoms with Gasteiger partial charge in [-0.1, -0.05) is 60.7 Å². The highest BCUT2D eigenvalue weighted by molar-refractivity contribution is 6.11. The lowest BCUT2D eigenvalue weighted by molar-refractivity contribution is -0.189. The number of benzene rings is 2. The molecule has 0 atom stereocenters. The molecular weight excluding hydrogens is 288 g/mol. The fraction of sp³-hybridized carbons (Fsp3) is 0.150. The van der Waals surface area contributed by atoms with Crippen LogP contribution in [0.3, 0.4) is 0 Å². The van der Waals surface area contributed by atoms with E-state index in [1.165, 1.54) is 0 Å². The van der Waals surface area contributed by atoms with E-state index in [1.807, 2.05) is 60.7 Å². The number of ketones is 1. The number of Topliss-reactive ketones (excluding diaryl/α,β-unsaturated/α-hetero) is 1. The molecule has 1 heterocycles. The zero-order chi connectivity index (χ0) is 16.3. The Morgan fingerprint density at radius 2 is 1.13 bits per heavy atom. The summed E-state index contributed by atoms with van der Waals surface area (Å²) in [5.41, 5.74) is 1.82. The molecule has 0 N–H and O–H groups in total. The van der Waals surface area contributed by atoms with Gasteiger partial charge >= 0.3 is 0 Å². The van der Waals surface area contributed by atoms with Crippen LogP contribution < -0.4 is 0 Å². The van der Waals surface area contributed by atoms with Gasteiger partial charge in [-0.3, -0.25) is 4.79 Å². The van der Waals surface area contributed by atoms with E-state index >= 15 is 0 Å². The van der Waals surface area contributed by atoms with Crippen LogP contribution in [0.5, 0.6) is 0 Å². The summed E-state index contributed by atoms with van der Waals surface area (Å²) in [6.45, 7) is 3.58. The van der Waals surface area contributed by atoms with Gasteiger partial charge in [0, 0.05) is 13.8 Å². The molecule has 0 amide bonds. The van der Waals surface area contributed by atoms with Crippen LogP contribution in [0.2, 0.25) is 0 Å². The summed E-state index contributed by atoms with van der Waals surface area (Å²) in [6.07, 6.45) is 3.48. The zero-order valence-corrected chi connectivity index (χ0v) is 13.2. The first-order valence-corrected chi connectivity index (χ1v) is 7.50. The van der Waals surface area contributed by atoms with Crippen LogP contribution in [0, 0.1) is 0 Å². The van der Waals surface area contributed by atoms with Crippen molar-refractivity contribution in [2.75, 3.05) is 0 Å². The average Bonchev–Trinajstić information content (AvgIpc) is 2.53. The van der Waals surface area contributed by atoms with E-state index in [-0.39, 0.29) is 17.3 Å². The van der Waals surface area contributed by atoms with E-state index < -0.39 is 5.79 Å². The van der Waals surface area contributed by atoms with Crippen molar-refractivity contribution in [3.63, 3.8) is 0 Å². The molecule has 3 nitrogen and oxygen atoms in total. The summed E-state index contributed by atoms with van der Waals surface area (Å²) in [6, 6.07) is 19.2. The Balaban J connectivity index is 1.98. The minimum atomic E-state index is -0.894. The van der Waals surface area contributed by atoms with Crippen LogP contribution in [0.4, 0.5) is 0 Å². The number of hydrogen-bond donors (Lipinski definition) is 0. The molecule has 3 heteroatoms. The molecule has 1 aliphatic rings. The van der Waals surface area contributed by atoms with Crippen LogP contribution in [-0.4, -0.2) is 11.6 Å². The Hall–Kier alpha value is -2.81. The summed E-state index contributed by atoms with van der Waals surface area (Å²) in [5.74, 6) is -0.573. The van der Waals surface area contributed by atoms with Crippen LogP contribution in [0.25, 0.3) is 12.2 Å². The van der Waals surface area contributed by atoms with E-state index in [0.717, 1.165) is 11.1 Å². The second-order valence-electron chi connectivity index (χ2n) is 5.77. The highest BCUT2D eigenvalue weighted by atomic mass is 16.7. The molecule has 23 heavy (non-hydrogen) atoms. The Bertz CT molecular complexity index is 692. The van der Waals surface area contributed by atoms with Crippen molar-refractivity contribution in [3.05, 3.63) is 83.3 Å². The van der Waals surface area contributed by atoms with Gasteiger partial charge in [0.25, 0.3) is 5.78 Å². The van der Waals surface area contributed by atoms with Crippen LogP contribution in [-0.2, 0) is 14.3 Å². The number of rotatable bonds is 2. The fourth-order valence-electron chi connectivity index (χ4n) is 2.36. The van der Waals surface area contributed by atoms with Gasteiger partial charge in [-0.05, 0) is 23.3 Å². The zero-order valence-electron chi connectivity index (χ0n) is 13.2. The number of carbonyl (C=O) groups is 1. The van der Waals surface area contributed by atoms with Crippen LogP contribution in [0.1, 0.15) is 25.0 Å². The molecule has 0 radical (unpaired) electrons. The smallest absolute Gasteiger partial charge is 0.262 e. The third-order valence-electron chi connectivity index (χ3n) is 3.35. The third-order valence-corrected chi connectivity index (χ3v) is 3.35. The van der Waals surface area contributed by atoms with E-state index in [1.54, 1.807) is 26.0 Å². The molecule has 3 rings (SSSR count). The minimum Gasteiger partial charge on any atom is -0.449 e. The topological polar surface area (TPSA) is 35.5 Å². The molecule has 0 aromatic heterocycles. The Labute approximate surface area is 135 Å². The molecule has 1 aliphatic heterocycles. The molecule has 116 valence electrons. The number of carbonyl (C=O) groups excluding carboxylic acids is 1. The molecule has 0 unspecified atom stereocenters. The summed E-state index contributed by atoms with van der Waals surface area (Å²) in [7, 11) is 0. The summed E-state index contributed by atoms with van der Waals surface area (Å²) in [4.78, 5) is 12.6. The van der Waals surface area contributed by atoms with Crippen molar-refractivity contribution < 1.29 is 14.3 Å². The molecule has 2 aromatic carbocycles. The largest absolute Gasteiger partial charge is 0.449 e. The maximum atomic E-state index is 12.6. The normalized spacial score (nSPS) is 20.2. The average molecular weight is 306 g/mol. The van der Waals surface area contributed by atoms with Crippen molar-refractivity contribution in [2.45, 2.75) is 19.6 Å². The van der Waals surface area contributed by atoms with Crippen molar-refractivity contribution in [1.82, 2.24) is 0 Å². The lowest BCUT2D eigenvalue weighted by Crippen LogP contribution is -2.36. The molecule has 0 bridgehead atoms. The quantitative estimate of drug-likeness (QED) is 0.770. The standard InChI is InChI=1S/C20H18O3/c1-20(2)22-17(13-15-9-5-3-6-10-15)19(21)18(23-20)14-16-11-7-4-8-12-16/h3-14H,1-2H3. The van der Waals surface area contributed by atoms with Crippen molar-refractivity contribution in [2.24, 2.45) is 0 Å². The first-order valence-electron chi connectivity index (χ1n) is 7.50. The predicted octanol–water partition coefficient (Wildman–Crippen LogP) is 4.42. The summed E-state index contributed by atoms with van der Waals surface area (Å²) in [5, 5.41) is 0. The Morgan fingerprint density at radius 1 is 0.739 bits per heavy atom. The Morgan fingerprint density at radius 3 is 1.52 bits per heavy atom. The summed E-state index contributed by atoms with van der Waals surface area (Å²) < 4.78 is 11.4. The van der Waals surface area contributed by atoms with E-state index in [0.29, 0.717) is 0 Å². The first-order chi connectivity index (χ1) is 11.0. The van der Waals surface area contributed by atoms with Gasteiger partial charge in [-0.15, -0.1) is 0 Å². The third kappa shape index (κ3) is 3.69. The van der Waals surface area contributed by atoms with Gasteiger partial charge < -0.3 is 9.47 Å². The summed E-state index contributed by atoms with van der Waals surface area (Å²) >= 11 is 0. The first kappa shape index (κ1) is 15.1. The van der Waals surface area contributed by atoms with Crippen LogP contribution >= 0.6 is 0 Å². The molecule has 1 saturated heterocycles. The molecular formula is C20H18O3. The predicted molar refractivity (Wildman–Crippen MR) is 90.1 cm³/mol. The highest BCUT2D eigenvalue weighted by Gasteiger charge is 2.36. The molecule has 0 aliphatic carbocycles. The second kappa shape index (κ2) is 6.13. The van der Waals surface area contributed by atoms with Crippen molar-refractivity contribution in [3.8, 4) is 0 Å². The second-order valence-corrected chi connectivity index (χ2v) is 5.77. The van der Waals surface area contributed by atoms with E-state index in [2.05, 4.69) is 0 Å². The maximum Gasteiger partial charge on any atom is 0.262 e. The highest BCUT2D eigenvalue weighted by Crippen LogP contribution is 2.31. The van der Waals surface area contributed by atoms with Gasteiger partial charge in [0.05, 0.1) is 0 Å². The number of hydrogen-bond acceptors (Lipinski definition) is 3. The molecule has 2 aromatic rings. The molecule has 0 saturated carbocycles. The molecule has 1 fully saturated rings. The van der Waals surface area contributed by atoms with Gasteiger partial charge in [0.1, 0.15) is 0 Å². The fourth-order valence-corrected chi connectivity index (χ4v) is 2.36. The Kier molecular flexibility index (Phi) is 4.02. The SMILES string of the molecule is CC1(C)OC(=Cc2ccccc2)C(=O)C(=Cc2ccccc2)O1. The number of ether oxygens (including phenoxy) is 2. The monoisotopic (exact) mass is 306 g/mol. The lowest BCUT2D eigenvalue weighted by atomic mass is 10.1. The van der Waals surface area contributed by atoms with Crippen molar-refractivity contribution in [1.29, 1.82) is 0 Å². The maximum absolute atomic E-state index is 12.6. The van der Waals surface area contributed by atoms with Crippen LogP contribution in [0.15, 0.2) is 72.2 Å². The van der Waals surface area contributed by atoms with Crippen molar-refractivity contribution >= 4 is 17.9 Å². The van der Waals surface area contributed by atoms with Gasteiger partial charge in [-0.2, -0.15) is 0 Å². The van der Waals surface area contributed by atoms with E-state index in [4.69, 9.17) is 9.47 Å². The molecule has 0 spiro atoms. The van der Waals surface area contributed by atoms with Gasteiger partial charge in [-0.25, -0.2) is 0 Å².